The summed E-state index contributed by atoms with van der Waals surface area (Å²) in [6.07, 6.45) is 1.15. The number of carbonyl (C=O) groups excluding carboxylic acids is 1. The fourth-order valence-electron chi connectivity index (χ4n) is 3.66. The van der Waals surface area contributed by atoms with Gasteiger partial charge in [0, 0.05) is 51.4 Å². The number of methoxy groups -OCH3 is 1. The number of hydrogen-bond donors (Lipinski definition) is 2. The Morgan fingerprint density at radius 1 is 1.32 bits per heavy atom. The van der Waals surface area contributed by atoms with Crippen molar-refractivity contribution >= 4 is 41.5 Å². The molecule has 28 heavy (non-hydrogen) atoms. The third-order valence-electron chi connectivity index (χ3n) is 5.07. The number of halogens is 1. The van der Waals surface area contributed by atoms with Crippen LogP contribution in [0, 0.1) is 5.92 Å². The van der Waals surface area contributed by atoms with Gasteiger partial charge in [-0.25, -0.2) is 4.99 Å². The molecule has 2 fully saturated rings. The number of anilines is 1. The number of hydrogen-bond acceptors (Lipinski definition) is 4. The molecule has 3 rings (SSSR count). The van der Waals surface area contributed by atoms with E-state index in [9.17, 15) is 4.79 Å². The van der Waals surface area contributed by atoms with E-state index >= 15 is 0 Å². The van der Waals surface area contributed by atoms with Gasteiger partial charge in [0.1, 0.15) is 0 Å². The average molecular weight is 501 g/mol. The molecule has 1 aromatic rings. The molecule has 0 aliphatic carbocycles. The summed E-state index contributed by atoms with van der Waals surface area (Å²) in [5.41, 5.74) is 2.26. The maximum absolute atomic E-state index is 11.6. The fourth-order valence-corrected chi connectivity index (χ4v) is 3.66. The molecule has 2 aliphatic rings. The van der Waals surface area contributed by atoms with Crippen LogP contribution >= 0.6 is 24.0 Å². The first-order valence-electron chi connectivity index (χ1n) is 9.82. The van der Waals surface area contributed by atoms with Gasteiger partial charge in [0.2, 0.25) is 5.91 Å². The van der Waals surface area contributed by atoms with E-state index in [1.165, 1.54) is 5.56 Å². The SMILES string of the molecule is CCNC(=NCc1ccc(N2CCNC(=O)C2)cc1)N1CCC(COC)C1.I. The zero-order chi connectivity index (χ0) is 19.1. The number of aliphatic imine (C=N–C) groups is 1. The van der Waals surface area contributed by atoms with Crippen LogP contribution in [-0.2, 0) is 16.1 Å². The normalized spacial score (nSPS) is 20.0. The van der Waals surface area contributed by atoms with Crippen molar-refractivity contribution < 1.29 is 9.53 Å². The van der Waals surface area contributed by atoms with Crippen LogP contribution in [0.15, 0.2) is 29.3 Å². The van der Waals surface area contributed by atoms with E-state index in [0.29, 0.717) is 25.6 Å². The van der Waals surface area contributed by atoms with Crippen molar-refractivity contribution in [3.05, 3.63) is 29.8 Å². The summed E-state index contributed by atoms with van der Waals surface area (Å²) in [7, 11) is 1.77. The summed E-state index contributed by atoms with van der Waals surface area (Å²) in [6.45, 7) is 8.43. The molecule has 156 valence electrons. The van der Waals surface area contributed by atoms with Gasteiger partial charge in [-0.2, -0.15) is 0 Å². The molecule has 2 N–H and O–H groups in total. The summed E-state index contributed by atoms with van der Waals surface area (Å²) in [6, 6.07) is 8.38. The van der Waals surface area contributed by atoms with Crippen molar-refractivity contribution in [1.82, 2.24) is 15.5 Å². The van der Waals surface area contributed by atoms with Gasteiger partial charge in [-0.15, -0.1) is 24.0 Å². The third kappa shape index (κ3) is 6.23. The second-order valence-corrected chi connectivity index (χ2v) is 7.16. The lowest BCUT2D eigenvalue weighted by Gasteiger charge is -2.28. The van der Waals surface area contributed by atoms with Crippen molar-refractivity contribution in [2.24, 2.45) is 10.9 Å². The Balaban J connectivity index is 0.00000280. The minimum Gasteiger partial charge on any atom is -0.384 e. The van der Waals surface area contributed by atoms with Crippen molar-refractivity contribution in [1.29, 1.82) is 0 Å². The molecule has 0 bridgehead atoms. The molecule has 1 amide bonds. The first-order chi connectivity index (χ1) is 13.2. The van der Waals surface area contributed by atoms with E-state index in [4.69, 9.17) is 9.73 Å². The highest BCUT2D eigenvalue weighted by molar-refractivity contribution is 14.0. The molecule has 1 aromatic carbocycles. The van der Waals surface area contributed by atoms with Gasteiger partial charge < -0.3 is 25.2 Å². The lowest BCUT2D eigenvalue weighted by Crippen LogP contribution is -2.47. The number of benzene rings is 1. The number of likely N-dealkylation sites (tertiary alicyclic amines) is 1. The quantitative estimate of drug-likeness (QED) is 0.353. The van der Waals surface area contributed by atoms with E-state index in [0.717, 1.165) is 50.9 Å². The minimum atomic E-state index is 0. The van der Waals surface area contributed by atoms with E-state index in [1.54, 1.807) is 7.11 Å². The monoisotopic (exact) mass is 501 g/mol. The number of piperazine rings is 1. The Labute approximate surface area is 184 Å². The van der Waals surface area contributed by atoms with Crippen molar-refractivity contribution in [3.63, 3.8) is 0 Å². The molecule has 0 spiro atoms. The topological polar surface area (TPSA) is 69.2 Å². The fraction of sp³-hybridized carbons (Fsp3) is 0.600. The average Bonchev–Trinajstić information content (AvgIpc) is 3.14. The molecule has 2 heterocycles. The molecule has 2 saturated heterocycles. The molecular formula is C20H32IN5O2. The second kappa shape index (κ2) is 11.5. The summed E-state index contributed by atoms with van der Waals surface area (Å²) in [5.74, 6) is 1.65. The van der Waals surface area contributed by atoms with Crippen LogP contribution in [0.25, 0.3) is 0 Å². The van der Waals surface area contributed by atoms with Gasteiger partial charge in [0.05, 0.1) is 19.7 Å². The predicted octanol–water partition coefficient (Wildman–Crippen LogP) is 1.67. The Bertz CT molecular complexity index is 653. The van der Waals surface area contributed by atoms with E-state index in [1.807, 2.05) is 0 Å². The molecule has 0 radical (unpaired) electrons. The molecule has 1 atom stereocenters. The second-order valence-electron chi connectivity index (χ2n) is 7.16. The predicted molar refractivity (Wildman–Crippen MR) is 123 cm³/mol. The smallest absolute Gasteiger partial charge is 0.239 e. The van der Waals surface area contributed by atoms with Gasteiger partial charge in [-0.1, -0.05) is 12.1 Å². The van der Waals surface area contributed by atoms with Gasteiger partial charge in [-0.3, -0.25) is 4.79 Å². The lowest BCUT2D eigenvalue weighted by molar-refractivity contribution is -0.120. The maximum atomic E-state index is 11.6. The van der Waals surface area contributed by atoms with Gasteiger partial charge >= 0.3 is 0 Å². The number of guanidine groups is 1. The van der Waals surface area contributed by atoms with E-state index < -0.39 is 0 Å². The van der Waals surface area contributed by atoms with Crippen LogP contribution in [0.1, 0.15) is 18.9 Å². The highest BCUT2D eigenvalue weighted by Crippen LogP contribution is 2.18. The number of amides is 1. The third-order valence-corrected chi connectivity index (χ3v) is 5.07. The lowest BCUT2D eigenvalue weighted by atomic mass is 10.1. The van der Waals surface area contributed by atoms with Crippen LogP contribution in [0.5, 0.6) is 0 Å². The van der Waals surface area contributed by atoms with Crippen molar-refractivity contribution in [3.8, 4) is 0 Å². The molecule has 2 aliphatic heterocycles. The molecular weight excluding hydrogens is 469 g/mol. The molecule has 8 heteroatoms. The minimum absolute atomic E-state index is 0. The molecule has 0 aromatic heterocycles. The zero-order valence-electron chi connectivity index (χ0n) is 16.8. The van der Waals surface area contributed by atoms with Gasteiger partial charge in [0.15, 0.2) is 5.96 Å². The van der Waals surface area contributed by atoms with Crippen LogP contribution in [-0.4, -0.2) is 69.8 Å². The number of nitrogens with one attached hydrogen (secondary N) is 2. The van der Waals surface area contributed by atoms with E-state index in [2.05, 4.69) is 51.6 Å². The number of ether oxygens (including phenoxy) is 1. The summed E-state index contributed by atoms with van der Waals surface area (Å²) >= 11 is 0. The summed E-state index contributed by atoms with van der Waals surface area (Å²) < 4.78 is 5.30. The number of nitrogens with zero attached hydrogens (tertiary/aromatic N) is 3. The highest BCUT2D eigenvalue weighted by Gasteiger charge is 2.24. The molecule has 0 saturated carbocycles. The highest BCUT2D eigenvalue weighted by atomic mass is 127. The van der Waals surface area contributed by atoms with Crippen LogP contribution in [0.3, 0.4) is 0 Å². The first kappa shape index (κ1) is 22.7. The Morgan fingerprint density at radius 3 is 2.79 bits per heavy atom. The van der Waals surface area contributed by atoms with Crippen LogP contribution in [0.2, 0.25) is 0 Å². The van der Waals surface area contributed by atoms with Crippen LogP contribution in [0.4, 0.5) is 5.69 Å². The van der Waals surface area contributed by atoms with Crippen molar-refractivity contribution in [2.75, 3.05) is 57.9 Å². The zero-order valence-corrected chi connectivity index (χ0v) is 19.1. The van der Waals surface area contributed by atoms with Crippen molar-refractivity contribution in [2.45, 2.75) is 19.9 Å². The molecule has 1 unspecified atom stereocenters. The number of carbonyl (C=O) groups is 1. The van der Waals surface area contributed by atoms with Crippen LogP contribution < -0.4 is 15.5 Å². The van der Waals surface area contributed by atoms with Gasteiger partial charge in [-0.05, 0) is 31.0 Å². The maximum Gasteiger partial charge on any atom is 0.239 e. The molecule has 7 nitrogen and oxygen atoms in total. The first-order valence-corrected chi connectivity index (χ1v) is 9.82. The number of rotatable bonds is 6. The van der Waals surface area contributed by atoms with E-state index in [-0.39, 0.29) is 29.9 Å². The summed E-state index contributed by atoms with van der Waals surface area (Å²) in [5, 5.41) is 6.27. The summed E-state index contributed by atoms with van der Waals surface area (Å²) in [4.78, 5) is 20.8. The standard InChI is InChI=1S/C20H31N5O2.HI/c1-3-21-20(25-10-8-17(13-25)15-27-2)23-12-16-4-6-18(7-5-16)24-11-9-22-19(26)14-24;/h4-7,17H,3,8-15H2,1-2H3,(H,21,23)(H,22,26);1H. The largest absolute Gasteiger partial charge is 0.384 e. The Kier molecular flexibility index (Phi) is 9.30. The Hall–Kier alpha value is -1.55. The Morgan fingerprint density at radius 2 is 2.11 bits per heavy atom. The van der Waals surface area contributed by atoms with Gasteiger partial charge in [0.25, 0.3) is 0 Å².